The second kappa shape index (κ2) is 4.24. The van der Waals surface area contributed by atoms with Crippen molar-refractivity contribution >= 4 is 11.6 Å². The molecule has 78 valence electrons. The molecule has 1 aliphatic carbocycles. The van der Waals surface area contributed by atoms with Crippen LogP contribution in [0.15, 0.2) is 53.1 Å². The molecule has 1 unspecified atom stereocenters. The van der Waals surface area contributed by atoms with Crippen LogP contribution in [0.1, 0.15) is 31.2 Å². The van der Waals surface area contributed by atoms with E-state index in [-0.39, 0.29) is 0 Å². The molecule has 1 aliphatic rings. The Kier molecular flexibility index (Phi) is 2.97. The van der Waals surface area contributed by atoms with E-state index in [2.05, 4.69) is 43.8 Å². The van der Waals surface area contributed by atoms with Crippen molar-refractivity contribution in [3.63, 3.8) is 0 Å². The van der Waals surface area contributed by atoms with E-state index in [0.717, 1.165) is 23.4 Å². The second-order valence-electron chi connectivity index (χ2n) is 4.21. The average molecular weight is 219 g/mol. The van der Waals surface area contributed by atoms with Crippen molar-refractivity contribution in [2.24, 2.45) is 0 Å². The maximum atomic E-state index is 6.15. The third-order valence-electron chi connectivity index (χ3n) is 3.00. The molecule has 1 aromatic rings. The van der Waals surface area contributed by atoms with Crippen LogP contribution in [-0.4, -0.2) is 0 Å². The second-order valence-corrected chi connectivity index (χ2v) is 4.59. The predicted octanol–water partition coefficient (Wildman–Crippen LogP) is 4.63. The van der Waals surface area contributed by atoms with E-state index in [1.165, 1.54) is 11.1 Å². The molecule has 0 radical (unpaired) electrons. The fourth-order valence-corrected chi connectivity index (χ4v) is 2.34. The van der Waals surface area contributed by atoms with E-state index in [0.29, 0.717) is 5.92 Å². The maximum Gasteiger partial charge on any atom is 0.0421 e. The van der Waals surface area contributed by atoms with Gasteiger partial charge in [0.05, 0.1) is 0 Å². The minimum absolute atomic E-state index is 0.557. The van der Waals surface area contributed by atoms with Crippen LogP contribution in [0.25, 0.3) is 0 Å². The zero-order valence-electron chi connectivity index (χ0n) is 8.96. The first-order chi connectivity index (χ1) is 7.18. The average Bonchev–Trinajstić information content (AvgIpc) is 2.26. The van der Waals surface area contributed by atoms with Crippen molar-refractivity contribution in [2.45, 2.75) is 25.7 Å². The van der Waals surface area contributed by atoms with Gasteiger partial charge in [-0.1, -0.05) is 54.1 Å². The van der Waals surface area contributed by atoms with Crippen molar-refractivity contribution in [1.29, 1.82) is 0 Å². The van der Waals surface area contributed by atoms with Crippen LogP contribution >= 0.6 is 11.6 Å². The van der Waals surface area contributed by atoms with Crippen LogP contribution in [0.4, 0.5) is 0 Å². The van der Waals surface area contributed by atoms with Crippen molar-refractivity contribution < 1.29 is 0 Å². The van der Waals surface area contributed by atoms with Gasteiger partial charge in [-0.15, -0.1) is 0 Å². The standard InChI is InChI=1S/C14H15Cl/c1-10-8-13(9-11(2)14(10)15)12-6-4-3-5-7-12/h3-7,13H,1,8-9H2,2H3. The molecule has 0 N–H and O–H groups in total. The van der Waals surface area contributed by atoms with Gasteiger partial charge in [-0.2, -0.15) is 0 Å². The Bertz CT molecular complexity index is 401. The van der Waals surface area contributed by atoms with E-state index < -0.39 is 0 Å². The molecule has 0 saturated heterocycles. The maximum absolute atomic E-state index is 6.15. The number of allylic oxidation sites excluding steroid dienone is 3. The molecule has 1 aromatic carbocycles. The highest BCUT2D eigenvalue weighted by Gasteiger charge is 2.21. The van der Waals surface area contributed by atoms with Crippen LogP contribution in [0.2, 0.25) is 0 Å². The molecule has 1 heteroatoms. The fraction of sp³-hybridized carbons (Fsp3) is 0.286. The summed E-state index contributed by atoms with van der Waals surface area (Å²) in [4.78, 5) is 0. The summed E-state index contributed by atoms with van der Waals surface area (Å²) < 4.78 is 0. The molecule has 0 bridgehead atoms. The lowest BCUT2D eigenvalue weighted by Gasteiger charge is -2.25. The van der Waals surface area contributed by atoms with Gasteiger partial charge in [0.1, 0.15) is 0 Å². The van der Waals surface area contributed by atoms with Gasteiger partial charge in [0.25, 0.3) is 0 Å². The Morgan fingerprint density at radius 2 is 1.87 bits per heavy atom. The monoisotopic (exact) mass is 218 g/mol. The van der Waals surface area contributed by atoms with Gasteiger partial charge in [0, 0.05) is 5.03 Å². The Morgan fingerprint density at radius 1 is 1.20 bits per heavy atom. The molecule has 0 nitrogen and oxygen atoms in total. The van der Waals surface area contributed by atoms with E-state index in [1.807, 2.05) is 0 Å². The Hall–Kier alpha value is -1.01. The van der Waals surface area contributed by atoms with Gasteiger partial charge in [-0.3, -0.25) is 0 Å². The van der Waals surface area contributed by atoms with Gasteiger partial charge >= 0.3 is 0 Å². The molecule has 15 heavy (non-hydrogen) atoms. The van der Waals surface area contributed by atoms with Gasteiger partial charge in [-0.25, -0.2) is 0 Å². The van der Waals surface area contributed by atoms with E-state index >= 15 is 0 Å². The van der Waals surface area contributed by atoms with E-state index in [9.17, 15) is 0 Å². The Morgan fingerprint density at radius 3 is 2.47 bits per heavy atom. The summed E-state index contributed by atoms with van der Waals surface area (Å²) in [6, 6.07) is 10.6. The SMILES string of the molecule is C=C1CC(c2ccccc2)CC(C)=C1Cl. The summed E-state index contributed by atoms with van der Waals surface area (Å²) >= 11 is 6.15. The summed E-state index contributed by atoms with van der Waals surface area (Å²) in [5.41, 5.74) is 3.73. The highest BCUT2D eigenvalue weighted by molar-refractivity contribution is 6.32. The lowest BCUT2D eigenvalue weighted by atomic mass is 9.82. The molecular formula is C14H15Cl. The topological polar surface area (TPSA) is 0 Å². The zero-order valence-corrected chi connectivity index (χ0v) is 9.72. The smallest absolute Gasteiger partial charge is 0.0421 e. The highest BCUT2D eigenvalue weighted by atomic mass is 35.5. The lowest BCUT2D eigenvalue weighted by molar-refractivity contribution is 0.654. The molecule has 0 aliphatic heterocycles. The minimum atomic E-state index is 0.557. The predicted molar refractivity (Wildman–Crippen MR) is 66.1 cm³/mol. The first-order valence-corrected chi connectivity index (χ1v) is 5.64. The number of benzene rings is 1. The Labute approximate surface area is 96.3 Å². The van der Waals surface area contributed by atoms with Gasteiger partial charge in [-0.05, 0) is 36.8 Å². The fourth-order valence-electron chi connectivity index (χ4n) is 2.18. The molecular weight excluding hydrogens is 204 g/mol. The van der Waals surface area contributed by atoms with Crippen molar-refractivity contribution in [1.82, 2.24) is 0 Å². The van der Waals surface area contributed by atoms with Crippen LogP contribution in [0.5, 0.6) is 0 Å². The normalized spacial score (nSPS) is 22.0. The summed E-state index contributed by atoms with van der Waals surface area (Å²) in [5.74, 6) is 0.557. The third-order valence-corrected chi connectivity index (χ3v) is 3.59. The van der Waals surface area contributed by atoms with Crippen LogP contribution < -0.4 is 0 Å². The van der Waals surface area contributed by atoms with Crippen molar-refractivity contribution in [2.75, 3.05) is 0 Å². The first kappa shape index (κ1) is 10.5. The van der Waals surface area contributed by atoms with Crippen molar-refractivity contribution in [3.05, 3.63) is 58.7 Å². The summed E-state index contributed by atoms with van der Waals surface area (Å²) in [7, 11) is 0. The molecule has 1 atom stereocenters. The summed E-state index contributed by atoms with van der Waals surface area (Å²) in [6.45, 7) is 6.13. The molecule has 0 heterocycles. The quantitative estimate of drug-likeness (QED) is 0.645. The van der Waals surface area contributed by atoms with Crippen LogP contribution in [-0.2, 0) is 0 Å². The zero-order chi connectivity index (χ0) is 10.8. The molecule has 0 spiro atoms. The summed E-state index contributed by atoms with van der Waals surface area (Å²) in [5, 5.41) is 0.891. The lowest BCUT2D eigenvalue weighted by Crippen LogP contribution is -2.07. The molecule has 0 amide bonds. The molecule has 0 fully saturated rings. The highest BCUT2D eigenvalue weighted by Crippen LogP contribution is 2.39. The van der Waals surface area contributed by atoms with Gasteiger partial charge < -0.3 is 0 Å². The largest absolute Gasteiger partial charge is 0.0943 e. The summed E-state index contributed by atoms with van der Waals surface area (Å²) in [6.07, 6.45) is 2.04. The number of halogens is 1. The number of hydrogen-bond donors (Lipinski definition) is 0. The third kappa shape index (κ3) is 2.15. The van der Waals surface area contributed by atoms with Crippen molar-refractivity contribution in [3.8, 4) is 0 Å². The molecule has 2 rings (SSSR count). The Balaban J connectivity index is 2.26. The van der Waals surface area contributed by atoms with Gasteiger partial charge in [0.15, 0.2) is 0 Å². The van der Waals surface area contributed by atoms with E-state index in [4.69, 9.17) is 11.6 Å². The number of rotatable bonds is 1. The van der Waals surface area contributed by atoms with Gasteiger partial charge in [0.2, 0.25) is 0 Å². The van der Waals surface area contributed by atoms with Crippen LogP contribution in [0, 0.1) is 0 Å². The number of hydrogen-bond acceptors (Lipinski definition) is 0. The van der Waals surface area contributed by atoms with Crippen LogP contribution in [0.3, 0.4) is 0 Å². The molecule has 0 saturated carbocycles. The molecule has 0 aromatic heterocycles. The minimum Gasteiger partial charge on any atom is -0.0943 e. The van der Waals surface area contributed by atoms with E-state index in [1.54, 1.807) is 0 Å². The first-order valence-electron chi connectivity index (χ1n) is 5.27.